The van der Waals surface area contributed by atoms with Crippen molar-refractivity contribution in [1.82, 2.24) is 25.4 Å². The first-order chi connectivity index (χ1) is 12.5. The van der Waals surface area contributed by atoms with Gasteiger partial charge in [-0.05, 0) is 26.0 Å². The molecule has 2 heterocycles. The number of rotatable bonds is 6. The van der Waals surface area contributed by atoms with E-state index in [1.54, 1.807) is 4.68 Å². The van der Waals surface area contributed by atoms with Crippen molar-refractivity contribution in [3.8, 4) is 5.69 Å². The normalized spacial score (nSPS) is 11.2. The van der Waals surface area contributed by atoms with Crippen LogP contribution in [0.3, 0.4) is 0 Å². The van der Waals surface area contributed by atoms with Crippen molar-refractivity contribution in [1.29, 1.82) is 0 Å². The van der Waals surface area contributed by atoms with Crippen LogP contribution in [0.5, 0.6) is 0 Å². The number of aromatic nitrogens is 4. The number of hydrazone groups is 1. The van der Waals surface area contributed by atoms with E-state index in [2.05, 4.69) is 25.8 Å². The molecule has 0 atom stereocenters. The Morgan fingerprint density at radius 2 is 2.12 bits per heavy atom. The van der Waals surface area contributed by atoms with Gasteiger partial charge in [-0.25, -0.2) is 10.1 Å². The Balaban J connectivity index is 1.61. The third-order valence-corrected chi connectivity index (χ3v) is 5.59. The number of nitrogens with zero attached hydrogens (tertiary/aromatic N) is 5. The molecule has 0 unspecified atom stereocenters. The second-order valence-electron chi connectivity index (χ2n) is 5.21. The molecule has 0 aliphatic carbocycles. The predicted molar refractivity (Wildman–Crippen MR) is 104 cm³/mol. The van der Waals surface area contributed by atoms with Gasteiger partial charge in [-0.1, -0.05) is 52.9 Å². The van der Waals surface area contributed by atoms with Crippen LogP contribution < -0.4 is 5.43 Å². The molecule has 0 saturated heterocycles. The number of aryl methyl sites for hydroxylation is 1. The van der Waals surface area contributed by atoms with Gasteiger partial charge >= 0.3 is 0 Å². The van der Waals surface area contributed by atoms with E-state index in [1.165, 1.54) is 29.3 Å². The Hall–Kier alpha value is -2.23. The molecule has 3 rings (SSSR count). The Kier molecular flexibility index (Phi) is 6.02. The van der Waals surface area contributed by atoms with Gasteiger partial charge in [0, 0.05) is 0 Å². The summed E-state index contributed by atoms with van der Waals surface area (Å²) in [5, 5.41) is 17.3. The molecule has 7 nitrogen and oxygen atoms in total. The van der Waals surface area contributed by atoms with Crippen molar-refractivity contribution in [3.63, 3.8) is 0 Å². The number of thioether (sulfide) groups is 1. The highest BCUT2D eigenvalue weighted by molar-refractivity contribution is 8.01. The third kappa shape index (κ3) is 4.48. The molecule has 0 aliphatic heterocycles. The average molecular weight is 407 g/mol. The maximum absolute atomic E-state index is 11.9. The molecule has 134 valence electrons. The second-order valence-corrected chi connectivity index (χ2v) is 7.97. The van der Waals surface area contributed by atoms with Crippen molar-refractivity contribution in [2.45, 2.75) is 18.2 Å². The van der Waals surface area contributed by atoms with Crippen LogP contribution in [0.1, 0.15) is 16.3 Å². The lowest BCUT2D eigenvalue weighted by Gasteiger charge is -2.03. The van der Waals surface area contributed by atoms with E-state index in [4.69, 9.17) is 11.6 Å². The monoisotopic (exact) mass is 406 g/mol. The summed E-state index contributed by atoms with van der Waals surface area (Å²) in [4.78, 5) is 11.9. The van der Waals surface area contributed by atoms with Gasteiger partial charge in [0.1, 0.15) is 5.01 Å². The molecule has 0 saturated carbocycles. The minimum Gasteiger partial charge on any atom is -0.272 e. The zero-order valence-electron chi connectivity index (χ0n) is 14.0. The number of carbonyl (C=O) groups is 1. The molecule has 26 heavy (non-hydrogen) atoms. The molecule has 0 bridgehead atoms. The van der Waals surface area contributed by atoms with E-state index in [9.17, 15) is 4.79 Å². The molecule has 1 aromatic carbocycles. The van der Waals surface area contributed by atoms with Crippen molar-refractivity contribution in [3.05, 3.63) is 51.7 Å². The number of hydrogen-bond acceptors (Lipinski definition) is 7. The van der Waals surface area contributed by atoms with Crippen LogP contribution in [0, 0.1) is 13.8 Å². The van der Waals surface area contributed by atoms with Crippen LogP contribution in [0.2, 0.25) is 5.15 Å². The lowest BCUT2D eigenvalue weighted by Crippen LogP contribution is -2.19. The van der Waals surface area contributed by atoms with Crippen molar-refractivity contribution in [2.75, 3.05) is 5.75 Å². The molecule has 0 fully saturated rings. The van der Waals surface area contributed by atoms with Gasteiger partial charge in [-0.15, -0.1) is 10.2 Å². The predicted octanol–water partition coefficient (Wildman–Crippen LogP) is 3.24. The maximum Gasteiger partial charge on any atom is 0.250 e. The van der Waals surface area contributed by atoms with Crippen LogP contribution in [0.15, 0.2) is 39.8 Å². The van der Waals surface area contributed by atoms with Gasteiger partial charge in [-0.2, -0.15) is 10.2 Å². The van der Waals surface area contributed by atoms with Crippen LogP contribution >= 0.6 is 34.7 Å². The van der Waals surface area contributed by atoms with Crippen molar-refractivity contribution >= 4 is 46.8 Å². The van der Waals surface area contributed by atoms with Crippen LogP contribution in [0.4, 0.5) is 0 Å². The quantitative estimate of drug-likeness (QED) is 0.386. The van der Waals surface area contributed by atoms with E-state index in [0.29, 0.717) is 10.7 Å². The summed E-state index contributed by atoms with van der Waals surface area (Å²) in [5.41, 5.74) is 4.87. The first-order valence-electron chi connectivity index (χ1n) is 7.60. The molecule has 2 aromatic heterocycles. The highest BCUT2D eigenvalue weighted by Gasteiger charge is 2.12. The van der Waals surface area contributed by atoms with E-state index >= 15 is 0 Å². The number of nitrogens with one attached hydrogen (secondary N) is 1. The van der Waals surface area contributed by atoms with E-state index in [1.807, 2.05) is 44.2 Å². The molecule has 3 aromatic rings. The third-order valence-electron chi connectivity index (χ3n) is 3.34. The summed E-state index contributed by atoms with van der Waals surface area (Å²) in [5.74, 6) is -0.0227. The summed E-state index contributed by atoms with van der Waals surface area (Å²) >= 11 is 8.97. The lowest BCUT2D eigenvalue weighted by atomic mass is 10.2. The van der Waals surface area contributed by atoms with E-state index in [-0.39, 0.29) is 11.7 Å². The molecule has 0 aliphatic rings. The van der Waals surface area contributed by atoms with E-state index < -0.39 is 0 Å². The first-order valence-corrected chi connectivity index (χ1v) is 9.78. The topological polar surface area (TPSA) is 85.1 Å². The fourth-order valence-corrected chi connectivity index (χ4v) is 3.98. The summed E-state index contributed by atoms with van der Waals surface area (Å²) in [6, 6.07) is 9.66. The van der Waals surface area contributed by atoms with Gasteiger partial charge in [0.2, 0.25) is 0 Å². The van der Waals surface area contributed by atoms with Crippen LogP contribution in [-0.4, -0.2) is 37.9 Å². The largest absolute Gasteiger partial charge is 0.272 e. The number of para-hydroxylation sites is 1. The zero-order valence-corrected chi connectivity index (χ0v) is 16.4. The number of amides is 1. The van der Waals surface area contributed by atoms with Crippen molar-refractivity contribution in [2.24, 2.45) is 5.10 Å². The number of hydrogen-bond donors (Lipinski definition) is 1. The van der Waals surface area contributed by atoms with Gasteiger partial charge in [-0.3, -0.25) is 4.79 Å². The summed E-state index contributed by atoms with van der Waals surface area (Å²) < 4.78 is 2.49. The zero-order chi connectivity index (χ0) is 18.5. The smallest absolute Gasteiger partial charge is 0.250 e. The molecular weight excluding hydrogens is 392 g/mol. The highest BCUT2D eigenvalue weighted by Crippen LogP contribution is 2.22. The fraction of sp³-hybridized carbons (Fsp3) is 0.188. The highest BCUT2D eigenvalue weighted by atomic mass is 35.5. The molecule has 0 radical (unpaired) electrons. The SMILES string of the molecule is Cc1nnc(SCC(=O)N/N=C\c2c(Cl)nn(-c3ccccc3)c2C)s1. The van der Waals surface area contributed by atoms with Crippen LogP contribution in [0.25, 0.3) is 5.69 Å². The Bertz CT molecular complexity index is 938. The molecular formula is C16H15ClN6OS2. The lowest BCUT2D eigenvalue weighted by molar-refractivity contribution is -0.118. The van der Waals surface area contributed by atoms with Gasteiger partial charge in [0.15, 0.2) is 9.49 Å². The standard InChI is InChI=1S/C16H15ClN6OS2/c1-10-13(15(17)22-23(10)12-6-4-3-5-7-12)8-18-20-14(24)9-25-16-21-19-11(2)26-16/h3-8H,9H2,1-2H3,(H,20,24)/b18-8-. The Labute approximate surface area is 163 Å². The van der Waals surface area contributed by atoms with Crippen LogP contribution in [-0.2, 0) is 4.79 Å². The van der Waals surface area contributed by atoms with Gasteiger partial charge < -0.3 is 0 Å². The fourth-order valence-electron chi connectivity index (χ4n) is 2.11. The minimum absolute atomic E-state index is 0.210. The molecule has 0 spiro atoms. The number of halogens is 1. The molecule has 10 heteroatoms. The molecule has 1 N–H and O–H groups in total. The average Bonchev–Trinajstić information content (AvgIpc) is 3.18. The second kappa shape index (κ2) is 8.43. The van der Waals surface area contributed by atoms with Gasteiger partial charge in [0.25, 0.3) is 5.91 Å². The van der Waals surface area contributed by atoms with Gasteiger partial charge in [0.05, 0.1) is 28.9 Å². The molecule has 1 amide bonds. The summed E-state index contributed by atoms with van der Waals surface area (Å²) in [7, 11) is 0. The summed E-state index contributed by atoms with van der Waals surface area (Å²) in [6.45, 7) is 3.76. The first kappa shape index (κ1) is 18.6. The Morgan fingerprint density at radius 1 is 1.35 bits per heavy atom. The Morgan fingerprint density at radius 3 is 2.81 bits per heavy atom. The number of carbonyl (C=O) groups excluding carboxylic acids is 1. The minimum atomic E-state index is -0.233. The van der Waals surface area contributed by atoms with E-state index in [0.717, 1.165) is 20.7 Å². The number of benzene rings is 1. The summed E-state index contributed by atoms with van der Waals surface area (Å²) in [6.07, 6.45) is 1.50. The van der Waals surface area contributed by atoms with Crippen molar-refractivity contribution < 1.29 is 4.79 Å². The maximum atomic E-state index is 11.9.